The second-order valence-electron chi connectivity index (χ2n) is 7.27. The summed E-state index contributed by atoms with van der Waals surface area (Å²) >= 11 is 0. The lowest BCUT2D eigenvalue weighted by Gasteiger charge is -2.12. The molecular weight excluding hydrogens is 499 g/mol. The largest absolute Gasteiger partial charge is 0.403 e. The van der Waals surface area contributed by atoms with Crippen LogP contribution in [-0.2, 0) is 19.9 Å². The van der Waals surface area contributed by atoms with E-state index < -0.39 is 31.6 Å². The van der Waals surface area contributed by atoms with Crippen LogP contribution in [0.4, 0.5) is 16.1 Å². The van der Waals surface area contributed by atoms with E-state index in [1.807, 2.05) is 0 Å². The molecule has 4 rings (SSSR count). The van der Waals surface area contributed by atoms with Gasteiger partial charge in [-0.2, -0.15) is 0 Å². The second-order valence-corrected chi connectivity index (χ2v) is 11.0. The molecule has 0 saturated heterocycles. The summed E-state index contributed by atoms with van der Waals surface area (Å²) in [6.45, 7) is 0. The summed E-state index contributed by atoms with van der Waals surface area (Å²) in [5.74, 6) is -1.29. The molecule has 0 spiro atoms. The van der Waals surface area contributed by atoms with Gasteiger partial charge in [-0.3, -0.25) is 14.8 Å². The van der Waals surface area contributed by atoms with Crippen LogP contribution in [0, 0.1) is 5.82 Å². The average molecular weight is 517 g/mol. The van der Waals surface area contributed by atoms with Crippen molar-refractivity contribution in [3.8, 4) is 11.5 Å². The van der Waals surface area contributed by atoms with Gasteiger partial charge in [0.2, 0.25) is 5.89 Å². The van der Waals surface area contributed by atoms with Crippen molar-refractivity contribution in [2.75, 3.05) is 16.3 Å². The Morgan fingerprint density at radius 1 is 0.857 bits per heavy atom. The molecule has 0 fully saturated rings. The number of anilines is 2. The van der Waals surface area contributed by atoms with Crippen LogP contribution in [0.25, 0.3) is 11.5 Å². The molecule has 1 amide bonds. The van der Waals surface area contributed by atoms with Crippen molar-refractivity contribution in [3.05, 3.63) is 84.2 Å². The smallest absolute Gasteiger partial charge is 0.322 e. The van der Waals surface area contributed by atoms with Crippen molar-refractivity contribution in [2.24, 2.45) is 0 Å². The molecule has 0 radical (unpaired) electrons. The summed E-state index contributed by atoms with van der Waals surface area (Å²) in [6.07, 6.45) is 1.08. The Hall–Kier alpha value is -4.10. The van der Waals surface area contributed by atoms with E-state index in [4.69, 9.17) is 4.42 Å². The van der Waals surface area contributed by atoms with Crippen LogP contribution in [0.3, 0.4) is 0 Å². The number of hydrogen-bond donors (Lipinski definition) is 2. The van der Waals surface area contributed by atoms with E-state index in [0.717, 1.165) is 30.5 Å². The van der Waals surface area contributed by atoms with Gasteiger partial charge in [0.25, 0.3) is 15.9 Å². The highest BCUT2D eigenvalue weighted by molar-refractivity contribution is 7.92. The number of sulfonamides is 1. The van der Waals surface area contributed by atoms with Crippen molar-refractivity contribution in [2.45, 2.75) is 9.79 Å². The topological polar surface area (TPSA) is 148 Å². The summed E-state index contributed by atoms with van der Waals surface area (Å²) < 4.78 is 69.4. The number of para-hydroxylation sites is 1. The molecule has 0 atom stereocenters. The summed E-state index contributed by atoms with van der Waals surface area (Å²) in [5, 5.41) is 9.98. The van der Waals surface area contributed by atoms with Gasteiger partial charge in [0.1, 0.15) is 5.82 Å². The molecule has 3 aromatic carbocycles. The normalized spacial score (nSPS) is 11.7. The van der Waals surface area contributed by atoms with Gasteiger partial charge in [0.15, 0.2) is 9.84 Å². The molecule has 0 bridgehead atoms. The predicted octanol–water partition coefficient (Wildman–Crippen LogP) is 3.33. The standard InChI is InChI=1S/C22H17FN4O6S2/c1-34(29,30)16-10-6-14(7-11-16)21-25-26-22(33-21)24-20(28)18-4-2-3-5-19(18)27-35(31,32)17-12-8-15(23)9-13-17/h2-13,27H,1H3,(H,24,26,28). The maximum absolute atomic E-state index is 13.1. The molecule has 0 aliphatic heterocycles. The van der Waals surface area contributed by atoms with Gasteiger partial charge < -0.3 is 4.42 Å². The van der Waals surface area contributed by atoms with Crippen LogP contribution in [0.5, 0.6) is 0 Å². The minimum Gasteiger partial charge on any atom is -0.403 e. The van der Waals surface area contributed by atoms with Crippen molar-refractivity contribution >= 4 is 37.5 Å². The van der Waals surface area contributed by atoms with Gasteiger partial charge in [0, 0.05) is 11.8 Å². The number of carbonyl (C=O) groups excluding carboxylic acids is 1. The van der Waals surface area contributed by atoms with Crippen molar-refractivity contribution in [3.63, 3.8) is 0 Å². The summed E-state index contributed by atoms with van der Waals surface area (Å²) in [5.41, 5.74) is 0.374. The van der Waals surface area contributed by atoms with E-state index in [0.29, 0.717) is 5.56 Å². The minimum atomic E-state index is -4.10. The van der Waals surface area contributed by atoms with Crippen LogP contribution < -0.4 is 10.0 Å². The van der Waals surface area contributed by atoms with Crippen molar-refractivity contribution in [1.29, 1.82) is 0 Å². The Kier molecular flexibility index (Phi) is 6.37. The fraction of sp³-hybridized carbons (Fsp3) is 0.0455. The molecule has 13 heteroatoms. The number of rotatable bonds is 7. The molecule has 10 nitrogen and oxygen atoms in total. The van der Waals surface area contributed by atoms with E-state index in [9.17, 15) is 26.0 Å². The summed E-state index contributed by atoms with van der Waals surface area (Å²) in [4.78, 5) is 12.7. The van der Waals surface area contributed by atoms with E-state index in [1.54, 1.807) is 0 Å². The Morgan fingerprint density at radius 3 is 2.14 bits per heavy atom. The maximum Gasteiger partial charge on any atom is 0.322 e. The Morgan fingerprint density at radius 2 is 1.49 bits per heavy atom. The predicted molar refractivity (Wildman–Crippen MR) is 124 cm³/mol. The first-order chi connectivity index (χ1) is 16.5. The Balaban J connectivity index is 1.53. The number of aromatic nitrogens is 2. The third-order valence-electron chi connectivity index (χ3n) is 4.71. The van der Waals surface area contributed by atoms with Gasteiger partial charge in [-0.25, -0.2) is 21.2 Å². The quantitative estimate of drug-likeness (QED) is 0.380. The summed E-state index contributed by atoms with van der Waals surface area (Å²) in [6, 6.07) is 15.5. The van der Waals surface area contributed by atoms with Crippen molar-refractivity contribution in [1.82, 2.24) is 10.2 Å². The van der Waals surface area contributed by atoms with Gasteiger partial charge >= 0.3 is 6.01 Å². The van der Waals surface area contributed by atoms with E-state index in [2.05, 4.69) is 20.2 Å². The third-order valence-corrected chi connectivity index (χ3v) is 7.22. The van der Waals surface area contributed by atoms with Gasteiger partial charge in [-0.1, -0.05) is 17.2 Å². The van der Waals surface area contributed by atoms with Gasteiger partial charge in [-0.15, -0.1) is 5.10 Å². The first-order valence-corrected chi connectivity index (χ1v) is 13.2. The first-order valence-electron chi connectivity index (χ1n) is 9.86. The Labute approximate surface area is 199 Å². The van der Waals surface area contributed by atoms with Crippen LogP contribution in [0.15, 0.2) is 87.0 Å². The van der Waals surface area contributed by atoms with E-state index >= 15 is 0 Å². The lowest BCUT2D eigenvalue weighted by atomic mass is 10.2. The number of amides is 1. The molecule has 0 aliphatic rings. The van der Waals surface area contributed by atoms with E-state index in [-0.39, 0.29) is 32.9 Å². The van der Waals surface area contributed by atoms with Crippen LogP contribution in [0.2, 0.25) is 0 Å². The molecule has 1 aromatic heterocycles. The lowest BCUT2D eigenvalue weighted by molar-refractivity contribution is 0.102. The molecule has 1 heterocycles. The molecule has 2 N–H and O–H groups in total. The lowest BCUT2D eigenvalue weighted by Crippen LogP contribution is -2.18. The fourth-order valence-corrected chi connectivity index (χ4v) is 4.70. The first kappa shape index (κ1) is 24.0. The molecule has 0 aliphatic carbocycles. The maximum atomic E-state index is 13.1. The fourth-order valence-electron chi connectivity index (χ4n) is 2.99. The molecule has 0 unspecified atom stereocenters. The number of hydrogen-bond acceptors (Lipinski definition) is 8. The number of sulfone groups is 1. The highest BCUT2D eigenvalue weighted by atomic mass is 32.2. The highest BCUT2D eigenvalue weighted by Crippen LogP contribution is 2.24. The van der Waals surface area contributed by atoms with Crippen LogP contribution in [0.1, 0.15) is 10.4 Å². The molecular formula is C22H17FN4O6S2. The molecule has 4 aromatic rings. The highest BCUT2D eigenvalue weighted by Gasteiger charge is 2.20. The Bertz CT molecular complexity index is 1600. The second kappa shape index (κ2) is 9.27. The number of benzene rings is 3. The van der Waals surface area contributed by atoms with Gasteiger partial charge in [0.05, 0.1) is 21.0 Å². The number of halogens is 1. The molecule has 180 valence electrons. The number of carbonyl (C=O) groups is 1. The number of nitrogens with one attached hydrogen (secondary N) is 2. The van der Waals surface area contributed by atoms with Crippen LogP contribution in [-0.4, -0.2) is 39.2 Å². The monoisotopic (exact) mass is 516 g/mol. The summed E-state index contributed by atoms with van der Waals surface area (Å²) in [7, 11) is -7.46. The SMILES string of the molecule is CS(=O)(=O)c1ccc(-c2nnc(NC(=O)c3ccccc3NS(=O)(=O)c3ccc(F)cc3)o2)cc1. The van der Waals surface area contributed by atoms with Crippen molar-refractivity contribution < 1.29 is 30.4 Å². The van der Waals surface area contributed by atoms with E-state index in [1.165, 1.54) is 48.5 Å². The zero-order valence-corrected chi connectivity index (χ0v) is 19.6. The van der Waals surface area contributed by atoms with Crippen LogP contribution >= 0.6 is 0 Å². The average Bonchev–Trinajstić information content (AvgIpc) is 3.27. The zero-order chi connectivity index (χ0) is 25.2. The zero-order valence-electron chi connectivity index (χ0n) is 18.0. The molecule has 0 saturated carbocycles. The molecule has 35 heavy (non-hydrogen) atoms. The third kappa shape index (κ3) is 5.53. The number of nitrogens with zero attached hydrogens (tertiary/aromatic N) is 2. The van der Waals surface area contributed by atoms with Gasteiger partial charge in [-0.05, 0) is 60.7 Å². The minimum absolute atomic E-state index is 0.0228.